The van der Waals surface area contributed by atoms with Gasteiger partial charge in [0.25, 0.3) is 0 Å². The van der Waals surface area contributed by atoms with Gasteiger partial charge in [0.15, 0.2) is 0 Å². The van der Waals surface area contributed by atoms with E-state index in [1.807, 2.05) is 18.5 Å². The molecule has 2 fully saturated rings. The van der Waals surface area contributed by atoms with Crippen molar-refractivity contribution in [3.8, 4) is 11.1 Å². The number of nitrogens with one attached hydrogen (secondary N) is 1. The molecule has 1 aromatic heterocycles. The van der Waals surface area contributed by atoms with Gasteiger partial charge in [-0.3, -0.25) is 4.90 Å². The van der Waals surface area contributed by atoms with Crippen LogP contribution >= 0.6 is 0 Å². The Morgan fingerprint density at radius 3 is 2.07 bits per heavy atom. The lowest BCUT2D eigenvalue weighted by molar-refractivity contribution is 0.0900. The van der Waals surface area contributed by atoms with E-state index >= 15 is 0 Å². The van der Waals surface area contributed by atoms with Gasteiger partial charge in [-0.15, -0.1) is 0 Å². The molecule has 142 valence electrons. The Morgan fingerprint density at radius 1 is 0.750 bits per heavy atom. The summed E-state index contributed by atoms with van der Waals surface area (Å²) in [6.07, 6.45) is 3.64. The van der Waals surface area contributed by atoms with Gasteiger partial charge in [-0.2, -0.15) is 0 Å². The fraction of sp³-hybridized carbons (Fsp3) is 0.304. The molecule has 3 heterocycles. The Bertz CT molecular complexity index is 889. The summed E-state index contributed by atoms with van der Waals surface area (Å²) < 4.78 is 0. The molecule has 2 aliphatic rings. The highest BCUT2D eigenvalue weighted by molar-refractivity contribution is 5.63. The molecule has 2 aliphatic heterocycles. The van der Waals surface area contributed by atoms with Gasteiger partial charge in [0.1, 0.15) is 0 Å². The van der Waals surface area contributed by atoms with Crippen LogP contribution in [0.4, 0.5) is 5.95 Å². The van der Waals surface area contributed by atoms with Gasteiger partial charge in [-0.05, 0) is 22.8 Å². The Balaban J connectivity index is 1.22. The number of piperazine rings is 1. The van der Waals surface area contributed by atoms with Gasteiger partial charge < -0.3 is 10.2 Å². The summed E-state index contributed by atoms with van der Waals surface area (Å²) in [6, 6.07) is 22.5. The Kier molecular flexibility index (Phi) is 4.77. The van der Waals surface area contributed by atoms with Crippen LogP contribution in [0.5, 0.6) is 0 Å². The molecule has 0 radical (unpaired) electrons. The fourth-order valence-corrected chi connectivity index (χ4v) is 4.24. The third-order valence-electron chi connectivity index (χ3n) is 5.93. The van der Waals surface area contributed by atoms with Crippen molar-refractivity contribution in [1.29, 1.82) is 0 Å². The van der Waals surface area contributed by atoms with Crippen LogP contribution in [-0.4, -0.2) is 53.6 Å². The van der Waals surface area contributed by atoms with E-state index in [0.29, 0.717) is 12.1 Å². The van der Waals surface area contributed by atoms with Crippen molar-refractivity contribution in [3.05, 3.63) is 78.6 Å². The normalized spacial score (nSPS) is 22.6. The molecule has 2 unspecified atom stereocenters. The minimum atomic E-state index is 0.421. The van der Waals surface area contributed by atoms with Crippen LogP contribution in [0.2, 0.25) is 0 Å². The number of hydrogen-bond donors (Lipinski definition) is 1. The van der Waals surface area contributed by atoms with Crippen molar-refractivity contribution in [2.45, 2.75) is 12.1 Å². The van der Waals surface area contributed by atoms with Crippen LogP contribution in [0.1, 0.15) is 11.6 Å². The second kappa shape index (κ2) is 7.70. The SMILES string of the molecule is c1ccc(-c2ccc(C3NCC3N3CCN(c4ncccn4)CC3)cc2)cc1. The summed E-state index contributed by atoms with van der Waals surface area (Å²) in [4.78, 5) is 13.7. The summed E-state index contributed by atoms with van der Waals surface area (Å²) in [6.45, 7) is 5.15. The second-order valence-electron chi connectivity index (χ2n) is 7.51. The van der Waals surface area contributed by atoms with Crippen LogP contribution in [0.3, 0.4) is 0 Å². The molecule has 0 amide bonds. The first-order chi connectivity index (χ1) is 13.9. The van der Waals surface area contributed by atoms with Crippen LogP contribution in [-0.2, 0) is 0 Å². The molecule has 0 aliphatic carbocycles. The third-order valence-corrected chi connectivity index (χ3v) is 5.93. The van der Waals surface area contributed by atoms with Gasteiger partial charge in [0.05, 0.1) is 0 Å². The topological polar surface area (TPSA) is 44.3 Å². The molecule has 2 saturated heterocycles. The quantitative estimate of drug-likeness (QED) is 0.764. The lowest BCUT2D eigenvalue weighted by Crippen LogP contribution is -2.63. The predicted molar refractivity (Wildman–Crippen MR) is 112 cm³/mol. The third kappa shape index (κ3) is 3.39. The van der Waals surface area contributed by atoms with E-state index in [1.165, 1.54) is 16.7 Å². The van der Waals surface area contributed by atoms with Crippen LogP contribution in [0, 0.1) is 0 Å². The monoisotopic (exact) mass is 371 g/mol. The zero-order valence-electron chi connectivity index (χ0n) is 15.9. The molecule has 2 atom stereocenters. The van der Waals surface area contributed by atoms with Crippen LogP contribution in [0.25, 0.3) is 11.1 Å². The Labute approximate surface area is 166 Å². The maximum atomic E-state index is 4.39. The van der Waals surface area contributed by atoms with E-state index in [4.69, 9.17) is 0 Å². The van der Waals surface area contributed by atoms with E-state index in [9.17, 15) is 0 Å². The minimum Gasteiger partial charge on any atom is -0.338 e. The maximum Gasteiger partial charge on any atom is 0.225 e. The van der Waals surface area contributed by atoms with E-state index in [1.54, 1.807) is 0 Å². The maximum absolute atomic E-state index is 4.39. The molecule has 2 aromatic carbocycles. The molecular weight excluding hydrogens is 346 g/mol. The largest absolute Gasteiger partial charge is 0.338 e. The highest BCUT2D eigenvalue weighted by atomic mass is 15.3. The lowest BCUT2D eigenvalue weighted by Gasteiger charge is -2.48. The number of nitrogens with zero attached hydrogens (tertiary/aromatic N) is 4. The van der Waals surface area contributed by atoms with Gasteiger partial charge >= 0.3 is 0 Å². The van der Waals surface area contributed by atoms with Gasteiger partial charge in [0, 0.05) is 57.2 Å². The molecule has 5 rings (SSSR count). The molecule has 0 bridgehead atoms. The highest BCUT2D eigenvalue weighted by Gasteiger charge is 2.37. The van der Waals surface area contributed by atoms with E-state index in [2.05, 4.69) is 79.7 Å². The molecule has 0 saturated carbocycles. The van der Waals surface area contributed by atoms with Crippen molar-refractivity contribution < 1.29 is 0 Å². The molecule has 3 aromatic rings. The molecular formula is C23H25N5. The summed E-state index contributed by atoms with van der Waals surface area (Å²) in [7, 11) is 0. The fourth-order valence-electron chi connectivity index (χ4n) is 4.24. The number of rotatable bonds is 4. The lowest BCUT2D eigenvalue weighted by atomic mass is 9.89. The van der Waals surface area contributed by atoms with E-state index in [0.717, 1.165) is 38.7 Å². The number of hydrogen-bond acceptors (Lipinski definition) is 5. The summed E-state index contributed by atoms with van der Waals surface area (Å²) in [5.41, 5.74) is 3.92. The molecule has 1 N–H and O–H groups in total. The van der Waals surface area contributed by atoms with Crippen molar-refractivity contribution in [1.82, 2.24) is 20.2 Å². The number of anilines is 1. The minimum absolute atomic E-state index is 0.421. The van der Waals surface area contributed by atoms with Crippen molar-refractivity contribution >= 4 is 5.95 Å². The smallest absolute Gasteiger partial charge is 0.225 e. The predicted octanol–water partition coefficient (Wildman–Crippen LogP) is 2.98. The number of aromatic nitrogens is 2. The Hall–Kier alpha value is -2.76. The summed E-state index contributed by atoms with van der Waals surface area (Å²) >= 11 is 0. The second-order valence-corrected chi connectivity index (χ2v) is 7.51. The van der Waals surface area contributed by atoms with E-state index in [-0.39, 0.29) is 0 Å². The first kappa shape index (κ1) is 17.3. The average Bonchev–Trinajstić information content (AvgIpc) is 2.75. The zero-order chi connectivity index (χ0) is 18.8. The zero-order valence-corrected chi connectivity index (χ0v) is 15.9. The molecule has 5 nitrogen and oxygen atoms in total. The van der Waals surface area contributed by atoms with Crippen LogP contribution in [0.15, 0.2) is 73.1 Å². The van der Waals surface area contributed by atoms with Crippen molar-refractivity contribution in [2.24, 2.45) is 0 Å². The van der Waals surface area contributed by atoms with Crippen molar-refractivity contribution in [3.63, 3.8) is 0 Å². The van der Waals surface area contributed by atoms with Gasteiger partial charge in [0.2, 0.25) is 5.95 Å². The highest BCUT2D eigenvalue weighted by Crippen LogP contribution is 2.30. The summed E-state index contributed by atoms with van der Waals surface area (Å²) in [5, 5.41) is 3.63. The molecule has 5 heteroatoms. The Morgan fingerprint density at radius 2 is 1.43 bits per heavy atom. The molecule has 0 spiro atoms. The van der Waals surface area contributed by atoms with Gasteiger partial charge in [-0.1, -0.05) is 54.6 Å². The first-order valence-corrected chi connectivity index (χ1v) is 10.0. The molecule has 28 heavy (non-hydrogen) atoms. The number of benzene rings is 2. The summed E-state index contributed by atoms with van der Waals surface area (Å²) in [5.74, 6) is 0.849. The van der Waals surface area contributed by atoms with Crippen molar-refractivity contribution in [2.75, 3.05) is 37.6 Å². The van der Waals surface area contributed by atoms with Gasteiger partial charge in [-0.25, -0.2) is 9.97 Å². The average molecular weight is 371 g/mol. The van der Waals surface area contributed by atoms with E-state index < -0.39 is 0 Å². The first-order valence-electron chi connectivity index (χ1n) is 10.0. The van der Waals surface area contributed by atoms with Crippen LogP contribution < -0.4 is 10.2 Å². The standard InChI is InChI=1S/C23H25N5/c1-2-5-18(6-3-1)19-7-9-20(10-8-19)22-21(17-26-22)27-13-15-28(16-14-27)23-24-11-4-12-25-23/h1-12,21-22,26H,13-17H2.